The van der Waals surface area contributed by atoms with Crippen molar-refractivity contribution in [3.05, 3.63) is 95.6 Å². The Morgan fingerprint density at radius 3 is 2.03 bits per heavy atom. The van der Waals surface area contributed by atoms with Crippen LogP contribution in [0, 0.1) is 0 Å². The number of fused-ring (bicyclic) bond motifs is 6. The van der Waals surface area contributed by atoms with E-state index in [-0.39, 0.29) is 12.5 Å². The van der Waals surface area contributed by atoms with Gasteiger partial charge in [0.1, 0.15) is 0 Å². The van der Waals surface area contributed by atoms with Gasteiger partial charge in [0, 0.05) is 12.7 Å². The van der Waals surface area contributed by atoms with Crippen molar-refractivity contribution < 1.29 is 14.6 Å². The molecule has 0 spiro atoms. The van der Waals surface area contributed by atoms with E-state index < -0.39 is 11.1 Å². The van der Waals surface area contributed by atoms with E-state index in [1.807, 2.05) is 85.8 Å². The molecule has 2 N–H and O–H groups in total. The Morgan fingerprint density at radius 2 is 1.40 bits per heavy atom. The van der Waals surface area contributed by atoms with E-state index >= 15 is 0 Å². The number of nitrogens with one attached hydrogen (secondary N) is 1. The highest BCUT2D eigenvalue weighted by Gasteiger charge is 2.56. The van der Waals surface area contributed by atoms with E-state index in [1.54, 1.807) is 7.11 Å². The quantitative estimate of drug-likeness (QED) is 0.499. The molecule has 0 radical (unpaired) electrons. The molecule has 30 heavy (non-hydrogen) atoms. The largest absolute Gasteiger partial charge is 0.384 e. The number of hydrogen-bond donors (Lipinski definition) is 2. The van der Waals surface area contributed by atoms with Crippen LogP contribution in [0.4, 0.5) is 0 Å². The summed E-state index contributed by atoms with van der Waals surface area (Å²) in [4.78, 5) is 13.3. The third-order valence-corrected chi connectivity index (χ3v) is 6.46. The van der Waals surface area contributed by atoms with Crippen LogP contribution in [0.15, 0.2) is 78.9 Å². The van der Waals surface area contributed by atoms with Gasteiger partial charge in [0.2, 0.25) is 0 Å². The van der Waals surface area contributed by atoms with Crippen LogP contribution in [0.1, 0.15) is 28.4 Å². The Labute approximate surface area is 175 Å². The number of hydrogen-bond acceptors (Lipinski definition) is 3. The van der Waals surface area contributed by atoms with E-state index in [9.17, 15) is 9.90 Å². The maximum atomic E-state index is 13.3. The first kappa shape index (κ1) is 18.8. The standard InChI is InChI=1S/C26H23NO3/c1-25(16-30-2,17-10-4-3-5-11-17)26(29)23-21-15-9-7-13-19(21)18-12-6-8-14-20(18)22(23)24(28)27-26/h3-15,29H,16H2,1-2H3,(H,27,28). The fraction of sp³-hybridized carbons (Fsp3) is 0.192. The first-order valence-electron chi connectivity index (χ1n) is 10.0. The summed E-state index contributed by atoms with van der Waals surface area (Å²) in [6.45, 7) is 2.17. The third-order valence-electron chi connectivity index (χ3n) is 6.46. The zero-order valence-corrected chi connectivity index (χ0v) is 17.0. The Balaban J connectivity index is 1.92. The molecule has 4 aromatic carbocycles. The molecule has 0 saturated carbocycles. The Morgan fingerprint density at radius 1 is 0.867 bits per heavy atom. The predicted molar refractivity (Wildman–Crippen MR) is 118 cm³/mol. The smallest absolute Gasteiger partial charge is 0.254 e. The van der Waals surface area contributed by atoms with E-state index in [0.29, 0.717) is 11.1 Å². The fourth-order valence-corrected chi connectivity index (χ4v) is 4.95. The summed E-state index contributed by atoms with van der Waals surface area (Å²) in [6.07, 6.45) is 0. The molecule has 0 saturated heterocycles. The average Bonchev–Trinajstić information content (AvgIpc) is 3.07. The van der Waals surface area contributed by atoms with Gasteiger partial charge in [-0.05, 0) is 34.0 Å². The SMILES string of the molecule is COCC(C)(c1ccccc1)C1(O)NC(=O)c2c1c1ccccc1c1ccccc21. The van der Waals surface area contributed by atoms with Crippen LogP contribution in [0.5, 0.6) is 0 Å². The topological polar surface area (TPSA) is 58.6 Å². The summed E-state index contributed by atoms with van der Waals surface area (Å²) >= 11 is 0. The van der Waals surface area contributed by atoms with Crippen molar-refractivity contribution in [1.29, 1.82) is 0 Å². The second-order valence-corrected chi connectivity index (χ2v) is 8.14. The van der Waals surface area contributed by atoms with Crippen molar-refractivity contribution >= 4 is 27.5 Å². The van der Waals surface area contributed by atoms with Crippen LogP contribution in [-0.2, 0) is 15.9 Å². The van der Waals surface area contributed by atoms with Gasteiger partial charge >= 0.3 is 0 Å². The average molecular weight is 397 g/mol. The Kier molecular flexibility index (Phi) is 4.17. The summed E-state index contributed by atoms with van der Waals surface area (Å²) < 4.78 is 5.58. The van der Waals surface area contributed by atoms with Crippen LogP contribution < -0.4 is 5.32 Å². The van der Waals surface area contributed by atoms with E-state index in [0.717, 1.165) is 27.1 Å². The number of aliphatic hydroxyl groups is 1. The van der Waals surface area contributed by atoms with Crippen LogP contribution >= 0.6 is 0 Å². The molecule has 5 rings (SSSR count). The van der Waals surface area contributed by atoms with Crippen LogP contribution in [0.25, 0.3) is 21.5 Å². The lowest BCUT2D eigenvalue weighted by molar-refractivity contribution is -0.0805. The summed E-state index contributed by atoms with van der Waals surface area (Å²) in [6, 6.07) is 25.5. The van der Waals surface area contributed by atoms with Crippen molar-refractivity contribution in [1.82, 2.24) is 5.32 Å². The number of methoxy groups -OCH3 is 1. The second kappa shape index (κ2) is 6.66. The van der Waals surface area contributed by atoms with Crippen molar-refractivity contribution in [2.45, 2.75) is 18.1 Å². The van der Waals surface area contributed by atoms with Gasteiger partial charge in [-0.2, -0.15) is 0 Å². The maximum Gasteiger partial charge on any atom is 0.254 e. The van der Waals surface area contributed by atoms with Gasteiger partial charge in [0.25, 0.3) is 5.91 Å². The Hall–Kier alpha value is -3.21. The first-order chi connectivity index (χ1) is 14.5. The first-order valence-corrected chi connectivity index (χ1v) is 10.0. The van der Waals surface area contributed by atoms with E-state index in [1.165, 1.54) is 0 Å². The van der Waals surface area contributed by atoms with Crippen molar-refractivity contribution in [2.75, 3.05) is 13.7 Å². The number of rotatable bonds is 4. The maximum absolute atomic E-state index is 13.3. The van der Waals surface area contributed by atoms with Crippen LogP contribution in [-0.4, -0.2) is 24.7 Å². The van der Waals surface area contributed by atoms with Gasteiger partial charge in [-0.1, -0.05) is 78.9 Å². The molecule has 0 bridgehead atoms. The molecule has 0 fully saturated rings. The summed E-state index contributed by atoms with van der Waals surface area (Å²) in [5.74, 6) is -0.271. The molecule has 150 valence electrons. The van der Waals surface area contributed by atoms with Gasteiger partial charge in [-0.25, -0.2) is 0 Å². The van der Waals surface area contributed by atoms with Gasteiger partial charge in [-0.15, -0.1) is 0 Å². The minimum atomic E-state index is -1.64. The lowest BCUT2D eigenvalue weighted by Crippen LogP contribution is -2.57. The highest BCUT2D eigenvalue weighted by atomic mass is 16.5. The molecular weight excluding hydrogens is 374 g/mol. The number of carbonyl (C=O) groups excluding carboxylic acids is 1. The van der Waals surface area contributed by atoms with Gasteiger partial charge < -0.3 is 15.2 Å². The lowest BCUT2D eigenvalue weighted by Gasteiger charge is -2.43. The predicted octanol–water partition coefficient (Wildman–Crippen LogP) is 4.49. The number of amides is 1. The van der Waals surface area contributed by atoms with Crippen molar-refractivity contribution in [3.63, 3.8) is 0 Å². The fourth-order valence-electron chi connectivity index (χ4n) is 4.95. The molecule has 2 atom stereocenters. The van der Waals surface area contributed by atoms with Crippen molar-refractivity contribution in [2.24, 2.45) is 0 Å². The van der Waals surface area contributed by atoms with Crippen LogP contribution in [0.2, 0.25) is 0 Å². The minimum Gasteiger partial charge on any atom is -0.384 e. The molecule has 1 aliphatic rings. The number of benzene rings is 4. The van der Waals surface area contributed by atoms with Gasteiger partial charge in [0.15, 0.2) is 5.72 Å². The minimum absolute atomic E-state index is 0.231. The molecule has 0 aliphatic carbocycles. The third kappa shape index (κ3) is 2.38. The normalized spacial score (nSPS) is 20.2. The zero-order valence-electron chi connectivity index (χ0n) is 17.0. The van der Waals surface area contributed by atoms with Gasteiger partial charge in [-0.3, -0.25) is 4.79 Å². The molecule has 0 aromatic heterocycles. The molecular formula is C26H23NO3. The van der Waals surface area contributed by atoms with E-state index in [4.69, 9.17) is 4.74 Å². The van der Waals surface area contributed by atoms with Crippen molar-refractivity contribution in [3.8, 4) is 0 Å². The molecule has 4 nitrogen and oxygen atoms in total. The molecule has 1 aliphatic heterocycles. The number of carbonyl (C=O) groups is 1. The second-order valence-electron chi connectivity index (χ2n) is 8.14. The monoisotopic (exact) mass is 397 g/mol. The lowest BCUT2D eigenvalue weighted by atomic mass is 9.70. The molecule has 1 heterocycles. The van der Waals surface area contributed by atoms with Gasteiger partial charge in [0.05, 0.1) is 17.6 Å². The highest BCUT2D eigenvalue weighted by molar-refractivity contribution is 6.21. The zero-order chi connectivity index (χ0) is 20.9. The van der Waals surface area contributed by atoms with Crippen LogP contribution in [0.3, 0.4) is 0 Å². The summed E-state index contributed by atoms with van der Waals surface area (Å²) in [5.41, 5.74) is -0.509. The highest BCUT2D eigenvalue weighted by Crippen LogP contribution is 2.49. The molecule has 4 aromatic rings. The van der Waals surface area contributed by atoms with E-state index in [2.05, 4.69) is 5.32 Å². The Bertz CT molecular complexity index is 1280. The summed E-state index contributed by atoms with van der Waals surface area (Å²) in [7, 11) is 1.61. The molecule has 1 amide bonds. The molecule has 2 unspecified atom stereocenters. The molecule has 4 heteroatoms. The summed E-state index contributed by atoms with van der Waals surface area (Å²) in [5, 5.41) is 18.9. The number of ether oxygens (including phenoxy) is 1.